The van der Waals surface area contributed by atoms with Crippen molar-refractivity contribution in [3.63, 3.8) is 0 Å². The van der Waals surface area contributed by atoms with Crippen molar-refractivity contribution in [2.24, 2.45) is 0 Å². The molecule has 0 bridgehead atoms. The van der Waals surface area contributed by atoms with E-state index >= 15 is 0 Å². The number of carbonyl (C=O) groups excluding carboxylic acids is 3. The third-order valence-electron chi connectivity index (χ3n) is 3.73. The van der Waals surface area contributed by atoms with Gasteiger partial charge in [0.05, 0.1) is 12.2 Å². The molecule has 1 aromatic heterocycles. The molecule has 1 heterocycles. The van der Waals surface area contributed by atoms with Crippen molar-refractivity contribution in [3.8, 4) is 5.75 Å². The van der Waals surface area contributed by atoms with Crippen molar-refractivity contribution in [1.29, 1.82) is 0 Å². The Morgan fingerprint density at radius 1 is 1.19 bits per heavy atom. The lowest BCUT2D eigenvalue weighted by Crippen LogP contribution is -2.21. The average Bonchev–Trinajstić information content (AvgIpc) is 2.87. The van der Waals surface area contributed by atoms with Crippen LogP contribution in [0.25, 0.3) is 0 Å². The molecular weight excluding hydrogens is 354 g/mol. The zero-order valence-corrected chi connectivity index (χ0v) is 16.0. The summed E-state index contributed by atoms with van der Waals surface area (Å²) in [6, 6.07) is 6.62. The van der Waals surface area contributed by atoms with E-state index in [4.69, 9.17) is 9.47 Å². The minimum Gasteiger partial charge on any atom is -0.484 e. The highest BCUT2D eigenvalue weighted by Gasteiger charge is 2.22. The number of Topliss-reactive ketones (excluding diaryl/α,β-unsaturated/α-hetero) is 1. The first-order valence-corrected chi connectivity index (χ1v) is 8.95. The van der Waals surface area contributed by atoms with Crippen LogP contribution in [0.4, 0.5) is 5.00 Å². The van der Waals surface area contributed by atoms with Crippen molar-refractivity contribution in [2.45, 2.75) is 27.7 Å². The number of esters is 1. The minimum atomic E-state index is -0.459. The molecule has 0 aliphatic rings. The zero-order chi connectivity index (χ0) is 19.3. The van der Waals surface area contributed by atoms with Crippen LogP contribution in [-0.2, 0) is 9.53 Å². The van der Waals surface area contributed by atoms with Crippen molar-refractivity contribution < 1.29 is 23.9 Å². The smallest absolute Gasteiger partial charge is 0.341 e. The van der Waals surface area contributed by atoms with Crippen LogP contribution < -0.4 is 10.1 Å². The first-order chi connectivity index (χ1) is 12.3. The molecule has 0 aliphatic carbocycles. The van der Waals surface area contributed by atoms with Gasteiger partial charge >= 0.3 is 5.97 Å². The average molecular weight is 375 g/mol. The molecule has 1 N–H and O–H groups in total. The van der Waals surface area contributed by atoms with E-state index in [-0.39, 0.29) is 19.0 Å². The number of hydrogen-bond acceptors (Lipinski definition) is 6. The molecule has 0 spiro atoms. The van der Waals surface area contributed by atoms with Crippen LogP contribution in [0, 0.1) is 13.8 Å². The van der Waals surface area contributed by atoms with E-state index in [1.54, 1.807) is 31.2 Å². The Balaban J connectivity index is 2.06. The van der Waals surface area contributed by atoms with E-state index in [2.05, 4.69) is 5.32 Å². The van der Waals surface area contributed by atoms with Gasteiger partial charge in [-0.15, -0.1) is 11.3 Å². The van der Waals surface area contributed by atoms with Crippen LogP contribution in [0.15, 0.2) is 24.3 Å². The van der Waals surface area contributed by atoms with Gasteiger partial charge in [-0.2, -0.15) is 0 Å². The van der Waals surface area contributed by atoms with Gasteiger partial charge in [0.1, 0.15) is 10.8 Å². The number of benzene rings is 1. The Morgan fingerprint density at radius 3 is 2.58 bits per heavy atom. The Labute approximate surface area is 156 Å². The molecule has 0 aliphatic heterocycles. The summed E-state index contributed by atoms with van der Waals surface area (Å²) in [6.07, 6.45) is 0. The van der Waals surface area contributed by atoms with E-state index in [0.717, 1.165) is 10.4 Å². The fourth-order valence-electron chi connectivity index (χ4n) is 2.28. The number of carbonyl (C=O) groups is 3. The summed E-state index contributed by atoms with van der Waals surface area (Å²) < 4.78 is 10.5. The van der Waals surface area contributed by atoms with E-state index in [0.29, 0.717) is 21.9 Å². The second-order valence-corrected chi connectivity index (χ2v) is 6.85. The maximum atomic E-state index is 12.2. The van der Waals surface area contributed by atoms with Gasteiger partial charge in [0.15, 0.2) is 12.4 Å². The predicted octanol–water partition coefficient (Wildman–Crippen LogP) is 3.76. The fourth-order valence-corrected chi connectivity index (χ4v) is 3.35. The van der Waals surface area contributed by atoms with Gasteiger partial charge in [0.2, 0.25) is 0 Å². The number of thiophene rings is 1. The molecule has 2 rings (SSSR count). The van der Waals surface area contributed by atoms with Gasteiger partial charge in [-0.3, -0.25) is 9.59 Å². The van der Waals surface area contributed by atoms with Crippen molar-refractivity contribution in [3.05, 3.63) is 45.8 Å². The minimum absolute atomic E-state index is 0.0801. The third kappa shape index (κ3) is 4.70. The van der Waals surface area contributed by atoms with Gasteiger partial charge in [-0.05, 0) is 45.4 Å². The van der Waals surface area contributed by atoms with Gasteiger partial charge in [-0.1, -0.05) is 12.1 Å². The van der Waals surface area contributed by atoms with Crippen LogP contribution in [-0.4, -0.2) is 30.9 Å². The number of rotatable bonds is 7. The molecule has 138 valence electrons. The lowest BCUT2D eigenvalue weighted by molar-refractivity contribution is -0.118. The van der Waals surface area contributed by atoms with Crippen LogP contribution in [0.3, 0.4) is 0 Å². The monoisotopic (exact) mass is 375 g/mol. The molecule has 0 radical (unpaired) electrons. The molecule has 0 saturated heterocycles. The zero-order valence-electron chi connectivity index (χ0n) is 15.2. The Bertz CT molecular complexity index is 840. The molecule has 0 saturated carbocycles. The summed E-state index contributed by atoms with van der Waals surface area (Å²) in [4.78, 5) is 36.7. The second kappa shape index (κ2) is 8.62. The number of aryl methyl sites for hydroxylation is 1. The van der Waals surface area contributed by atoms with Crippen LogP contribution in [0.1, 0.15) is 45.0 Å². The van der Waals surface area contributed by atoms with E-state index in [1.807, 2.05) is 13.8 Å². The van der Waals surface area contributed by atoms with Crippen molar-refractivity contribution in [1.82, 2.24) is 0 Å². The summed E-state index contributed by atoms with van der Waals surface area (Å²) in [5, 5.41) is 3.15. The summed E-state index contributed by atoms with van der Waals surface area (Å²) in [5.41, 5.74) is 1.68. The van der Waals surface area contributed by atoms with Gasteiger partial charge in [0.25, 0.3) is 5.91 Å². The SMILES string of the molecule is CCOC(=O)c1c(NC(=O)COc2cccc(C(C)=O)c2)sc(C)c1C. The van der Waals surface area contributed by atoms with Crippen LogP contribution in [0.2, 0.25) is 0 Å². The number of hydrogen-bond donors (Lipinski definition) is 1. The lowest BCUT2D eigenvalue weighted by atomic mass is 10.1. The number of nitrogens with one attached hydrogen (secondary N) is 1. The van der Waals surface area contributed by atoms with E-state index < -0.39 is 11.9 Å². The predicted molar refractivity (Wildman–Crippen MR) is 100 cm³/mol. The lowest BCUT2D eigenvalue weighted by Gasteiger charge is -2.09. The van der Waals surface area contributed by atoms with E-state index in [9.17, 15) is 14.4 Å². The van der Waals surface area contributed by atoms with Crippen LogP contribution in [0.5, 0.6) is 5.75 Å². The van der Waals surface area contributed by atoms with Crippen molar-refractivity contribution in [2.75, 3.05) is 18.5 Å². The van der Waals surface area contributed by atoms with Gasteiger partial charge in [-0.25, -0.2) is 4.79 Å². The highest BCUT2D eigenvalue weighted by atomic mass is 32.1. The number of anilines is 1. The molecule has 7 heteroatoms. The molecule has 6 nitrogen and oxygen atoms in total. The first kappa shape index (κ1) is 19.7. The normalized spacial score (nSPS) is 10.3. The summed E-state index contributed by atoms with van der Waals surface area (Å²) in [5.74, 6) is -0.509. The van der Waals surface area contributed by atoms with Crippen molar-refractivity contribution >= 4 is 34.0 Å². The van der Waals surface area contributed by atoms with Gasteiger partial charge < -0.3 is 14.8 Å². The Morgan fingerprint density at radius 2 is 1.92 bits per heavy atom. The number of amides is 1. The summed E-state index contributed by atoms with van der Waals surface area (Å²) in [6.45, 7) is 6.91. The number of ketones is 1. The molecule has 0 atom stereocenters. The first-order valence-electron chi connectivity index (χ1n) is 8.14. The molecule has 1 amide bonds. The molecule has 0 unspecified atom stereocenters. The Kier molecular flexibility index (Phi) is 6.52. The highest BCUT2D eigenvalue weighted by molar-refractivity contribution is 7.16. The molecule has 26 heavy (non-hydrogen) atoms. The standard InChI is InChI=1S/C19H21NO5S/c1-5-24-19(23)17-11(2)13(4)26-18(17)20-16(22)10-25-15-8-6-7-14(9-15)12(3)21/h6-9H,5,10H2,1-4H3,(H,20,22). The summed E-state index contributed by atoms with van der Waals surface area (Å²) >= 11 is 1.32. The van der Waals surface area contributed by atoms with Crippen LogP contribution >= 0.6 is 11.3 Å². The molecular formula is C19H21NO5S. The van der Waals surface area contributed by atoms with Gasteiger partial charge in [0, 0.05) is 10.4 Å². The second-order valence-electron chi connectivity index (χ2n) is 5.63. The number of ether oxygens (including phenoxy) is 2. The fraction of sp³-hybridized carbons (Fsp3) is 0.316. The van der Waals surface area contributed by atoms with E-state index in [1.165, 1.54) is 18.3 Å². The summed E-state index contributed by atoms with van der Waals surface area (Å²) in [7, 11) is 0. The largest absolute Gasteiger partial charge is 0.484 e. The Hall–Kier alpha value is -2.67. The quantitative estimate of drug-likeness (QED) is 0.589. The molecule has 1 aromatic carbocycles. The molecule has 0 fully saturated rings. The topological polar surface area (TPSA) is 81.7 Å². The third-order valence-corrected chi connectivity index (χ3v) is 4.85. The highest BCUT2D eigenvalue weighted by Crippen LogP contribution is 2.33. The maximum absolute atomic E-state index is 12.2. The molecule has 2 aromatic rings. The maximum Gasteiger partial charge on any atom is 0.341 e.